The Balaban J connectivity index is 1.53. The highest BCUT2D eigenvalue weighted by atomic mass is 32.2. The van der Waals surface area contributed by atoms with E-state index in [2.05, 4.69) is 10.2 Å². The predicted octanol–water partition coefficient (Wildman–Crippen LogP) is 0.791. The number of sulfonamides is 1. The number of hydrogen-bond acceptors (Lipinski definition) is 4. The maximum absolute atomic E-state index is 12.6. The fraction of sp³-hybridized carbons (Fsp3) is 0.938. The number of amides is 1. The summed E-state index contributed by atoms with van der Waals surface area (Å²) < 4.78 is 26.0. The molecule has 7 heteroatoms. The molecule has 0 radical (unpaired) electrons. The van der Waals surface area contributed by atoms with Crippen LogP contribution < -0.4 is 5.32 Å². The van der Waals surface area contributed by atoms with Crippen LogP contribution in [0, 0.1) is 5.92 Å². The molecule has 3 rings (SSSR count). The largest absolute Gasteiger partial charge is 0.351 e. The van der Waals surface area contributed by atoms with Gasteiger partial charge in [0.15, 0.2) is 0 Å². The van der Waals surface area contributed by atoms with Gasteiger partial charge in [0.05, 0.1) is 5.75 Å². The molecule has 0 aromatic carbocycles. The molecule has 23 heavy (non-hydrogen) atoms. The second-order valence-corrected chi connectivity index (χ2v) is 9.32. The summed E-state index contributed by atoms with van der Waals surface area (Å²) in [6.45, 7) is 5.46. The summed E-state index contributed by atoms with van der Waals surface area (Å²) in [5.74, 6) is 0.907. The first-order chi connectivity index (χ1) is 11.0. The molecule has 0 aromatic rings. The van der Waals surface area contributed by atoms with Gasteiger partial charge in [0.2, 0.25) is 15.9 Å². The van der Waals surface area contributed by atoms with E-state index in [1.165, 1.54) is 17.1 Å². The molecule has 0 bridgehead atoms. The van der Waals surface area contributed by atoms with E-state index in [-0.39, 0.29) is 17.7 Å². The zero-order valence-electron chi connectivity index (χ0n) is 14.0. The standard InChI is InChI=1S/C16H29N3O3S/c1-2-10-23(21,22)19-8-3-4-15(19)16(20)17-14-7-9-18(12-14)11-13-5-6-13/h13-15H,2-12H2,1H3,(H,17,20)/t14-,15+/m0/s1. The van der Waals surface area contributed by atoms with E-state index in [9.17, 15) is 13.2 Å². The summed E-state index contributed by atoms with van der Waals surface area (Å²) in [7, 11) is -3.29. The van der Waals surface area contributed by atoms with Crippen LogP contribution in [0.3, 0.4) is 0 Å². The highest BCUT2D eigenvalue weighted by molar-refractivity contribution is 7.89. The number of carbonyl (C=O) groups excluding carboxylic acids is 1. The maximum atomic E-state index is 12.6. The van der Waals surface area contributed by atoms with Gasteiger partial charge in [-0.25, -0.2) is 8.42 Å². The summed E-state index contributed by atoms with van der Waals surface area (Å²) >= 11 is 0. The molecule has 2 atom stereocenters. The van der Waals surface area contributed by atoms with E-state index in [1.54, 1.807) is 0 Å². The highest BCUT2D eigenvalue weighted by Gasteiger charge is 2.39. The second kappa shape index (κ2) is 7.07. The topological polar surface area (TPSA) is 69.7 Å². The first kappa shape index (κ1) is 17.2. The lowest BCUT2D eigenvalue weighted by atomic mass is 10.2. The Bertz CT molecular complexity index is 533. The van der Waals surface area contributed by atoms with Gasteiger partial charge in [-0.15, -0.1) is 0 Å². The molecule has 1 saturated carbocycles. The lowest BCUT2D eigenvalue weighted by molar-refractivity contribution is -0.124. The van der Waals surface area contributed by atoms with Crippen molar-refractivity contribution in [3.8, 4) is 0 Å². The Morgan fingerprint density at radius 1 is 1.17 bits per heavy atom. The van der Waals surface area contributed by atoms with Crippen LogP contribution in [0.5, 0.6) is 0 Å². The van der Waals surface area contributed by atoms with Gasteiger partial charge in [-0.3, -0.25) is 4.79 Å². The van der Waals surface area contributed by atoms with Crippen molar-refractivity contribution in [1.82, 2.24) is 14.5 Å². The van der Waals surface area contributed by atoms with Crippen LogP contribution in [0.2, 0.25) is 0 Å². The van der Waals surface area contributed by atoms with Gasteiger partial charge < -0.3 is 10.2 Å². The summed E-state index contributed by atoms with van der Waals surface area (Å²) in [6, 6.07) is -0.318. The predicted molar refractivity (Wildman–Crippen MR) is 89.5 cm³/mol. The fourth-order valence-electron chi connectivity index (χ4n) is 3.79. The van der Waals surface area contributed by atoms with Crippen LogP contribution in [-0.2, 0) is 14.8 Å². The molecular formula is C16H29N3O3S. The van der Waals surface area contributed by atoms with Crippen LogP contribution >= 0.6 is 0 Å². The Hall–Kier alpha value is -0.660. The normalized spacial score (nSPS) is 30.0. The minimum Gasteiger partial charge on any atom is -0.351 e. The molecule has 1 amide bonds. The number of likely N-dealkylation sites (tertiary alicyclic amines) is 1. The molecule has 0 aromatic heterocycles. The van der Waals surface area contributed by atoms with Crippen molar-refractivity contribution < 1.29 is 13.2 Å². The van der Waals surface area contributed by atoms with Crippen molar-refractivity contribution in [3.05, 3.63) is 0 Å². The van der Waals surface area contributed by atoms with Crippen molar-refractivity contribution in [2.75, 3.05) is 31.9 Å². The maximum Gasteiger partial charge on any atom is 0.238 e. The second-order valence-electron chi connectivity index (χ2n) is 7.28. The zero-order chi connectivity index (χ0) is 16.4. The number of hydrogen-bond donors (Lipinski definition) is 1. The summed E-state index contributed by atoms with van der Waals surface area (Å²) in [4.78, 5) is 15.0. The summed E-state index contributed by atoms with van der Waals surface area (Å²) in [5, 5.41) is 3.10. The third-order valence-electron chi connectivity index (χ3n) is 5.16. The first-order valence-electron chi connectivity index (χ1n) is 9.02. The summed E-state index contributed by atoms with van der Waals surface area (Å²) in [6.07, 6.45) is 5.69. The molecule has 3 fully saturated rings. The van der Waals surface area contributed by atoms with Crippen LogP contribution in [-0.4, -0.2) is 67.5 Å². The van der Waals surface area contributed by atoms with E-state index in [1.807, 2.05) is 6.92 Å². The number of rotatable bonds is 7. The molecule has 0 unspecified atom stereocenters. The van der Waals surface area contributed by atoms with Gasteiger partial charge >= 0.3 is 0 Å². The lowest BCUT2D eigenvalue weighted by Crippen LogP contribution is -2.49. The fourth-order valence-corrected chi connectivity index (χ4v) is 5.54. The van der Waals surface area contributed by atoms with Crippen LogP contribution in [0.15, 0.2) is 0 Å². The molecule has 2 saturated heterocycles. The molecule has 1 aliphatic carbocycles. The number of nitrogens with one attached hydrogen (secondary N) is 1. The van der Waals surface area contributed by atoms with Crippen molar-refractivity contribution in [2.24, 2.45) is 5.92 Å². The third kappa shape index (κ3) is 4.25. The first-order valence-corrected chi connectivity index (χ1v) is 10.6. The van der Waals surface area contributed by atoms with Crippen molar-refractivity contribution in [2.45, 2.75) is 57.5 Å². The number of nitrogens with zero attached hydrogens (tertiary/aromatic N) is 2. The molecule has 6 nitrogen and oxygen atoms in total. The van der Waals surface area contributed by atoms with Crippen LogP contribution in [0.1, 0.15) is 45.4 Å². The smallest absolute Gasteiger partial charge is 0.238 e. The number of carbonyl (C=O) groups is 1. The van der Waals surface area contributed by atoms with Crippen molar-refractivity contribution in [3.63, 3.8) is 0 Å². The Morgan fingerprint density at radius 3 is 2.65 bits per heavy atom. The van der Waals surface area contributed by atoms with Crippen LogP contribution in [0.25, 0.3) is 0 Å². The molecule has 1 N–H and O–H groups in total. The molecule has 0 spiro atoms. The van der Waals surface area contributed by atoms with Gasteiger partial charge in [-0.1, -0.05) is 6.92 Å². The van der Waals surface area contributed by atoms with Gasteiger partial charge in [0.25, 0.3) is 0 Å². The molecule has 2 heterocycles. The van der Waals surface area contributed by atoms with E-state index < -0.39 is 16.1 Å². The minimum absolute atomic E-state index is 0.0968. The average molecular weight is 343 g/mol. The molecule has 132 valence electrons. The van der Waals surface area contributed by atoms with Gasteiger partial charge in [0, 0.05) is 32.2 Å². The van der Waals surface area contributed by atoms with Gasteiger partial charge in [-0.2, -0.15) is 4.31 Å². The SMILES string of the molecule is CCCS(=O)(=O)N1CCC[C@@H]1C(=O)N[C@H]1CCN(CC2CC2)C1. The Kier molecular flexibility index (Phi) is 5.28. The molecular weight excluding hydrogens is 314 g/mol. The van der Waals surface area contributed by atoms with E-state index in [0.717, 1.165) is 38.4 Å². The Morgan fingerprint density at radius 2 is 1.96 bits per heavy atom. The van der Waals surface area contributed by atoms with Crippen LogP contribution in [0.4, 0.5) is 0 Å². The van der Waals surface area contributed by atoms with Gasteiger partial charge in [-0.05, 0) is 44.4 Å². The Labute approximate surface area is 139 Å². The average Bonchev–Trinajstić information content (AvgIpc) is 3.00. The monoisotopic (exact) mass is 343 g/mol. The quantitative estimate of drug-likeness (QED) is 0.742. The van der Waals surface area contributed by atoms with E-state index in [4.69, 9.17) is 0 Å². The van der Waals surface area contributed by atoms with E-state index >= 15 is 0 Å². The van der Waals surface area contributed by atoms with Gasteiger partial charge in [0.1, 0.15) is 6.04 Å². The molecule has 3 aliphatic rings. The zero-order valence-corrected chi connectivity index (χ0v) is 14.9. The molecule has 2 aliphatic heterocycles. The summed E-state index contributed by atoms with van der Waals surface area (Å²) in [5.41, 5.74) is 0. The van der Waals surface area contributed by atoms with Crippen molar-refractivity contribution >= 4 is 15.9 Å². The van der Waals surface area contributed by atoms with E-state index in [0.29, 0.717) is 19.4 Å². The lowest BCUT2D eigenvalue weighted by Gasteiger charge is -2.25. The van der Waals surface area contributed by atoms with Crippen molar-refractivity contribution in [1.29, 1.82) is 0 Å². The highest BCUT2D eigenvalue weighted by Crippen LogP contribution is 2.30. The minimum atomic E-state index is -3.29. The third-order valence-corrected chi connectivity index (χ3v) is 7.23.